The second-order valence-electron chi connectivity index (χ2n) is 9.29. The first kappa shape index (κ1) is 23.8. The molecule has 2 aliphatic heterocycles. The van der Waals surface area contributed by atoms with Gasteiger partial charge in [0.2, 0.25) is 12.3 Å². The van der Waals surface area contributed by atoms with Gasteiger partial charge in [-0.3, -0.25) is 9.59 Å². The number of hydrogen-bond donors (Lipinski definition) is 0. The molecule has 13 heteroatoms. The lowest BCUT2D eigenvalue weighted by atomic mass is 9.72. The Balaban J connectivity index is 1.31. The predicted molar refractivity (Wildman–Crippen MR) is 126 cm³/mol. The Morgan fingerprint density at radius 3 is 2.65 bits per heavy atom. The maximum Gasteiger partial charge on any atom is 0.349 e. The topological polar surface area (TPSA) is 106 Å². The van der Waals surface area contributed by atoms with Gasteiger partial charge in [-0.25, -0.2) is 0 Å². The number of likely N-dealkylation sites (tertiary alicyclic amines) is 2. The van der Waals surface area contributed by atoms with Crippen LogP contribution in [0.25, 0.3) is 11.0 Å². The number of carbonyl (C=O) groups is 2. The van der Waals surface area contributed by atoms with Gasteiger partial charge in [-0.15, -0.1) is 10.2 Å². The van der Waals surface area contributed by atoms with Crippen molar-refractivity contribution in [3.05, 3.63) is 75.5 Å². The number of nitrogens with zero attached hydrogens (tertiary/aromatic N) is 5. The van der Waals surface area contributed by atoms with Crippen molar-refractivity contribution in [2.24, 2.45) is 5.41 Å². The summed E-state index contributed by atoms with van der Waals surface area (Å²) in [6, 6.07) is 10.4. The van der Waals surface area contributed by atoms with E-state index >= 15 is 8.78 Å². The average Bonchev–Trinajstić information content (AvgIpc) is 3.60. The monoisotopic (exact) mass is 547 g/mol. The van der Waals surface area contributed by atoms with Crippen molar-refractivity contribution in [3.63, 3.8) is 0 Å². The number of fused-ring (bicyclic) bond motifs is 1. The zero-order valence-corrected chi connectivity index (χ0v) is 20.4. The molecule has 2 aliphatic rings. The molecule has 1 atom stereocenters. The first-order valence-corrected chi connectivity index (χ1v) is 12.0. The highest BCUT2D eigenvalue weighted by Gasteiger charge is 2.58. The Labute approximate surface area is 217 Å². The first-order chi connectivity index (χ1) is 17.7. The minimum atomic E-state index is -3.63. The normalized spacial score (nSPS) is 19.0. The summed E-state index contributed by atoms with van der Waals surface area (Å²) in [6.45, 7) is 0.992. The van der Waals surface area contributed by atoms with Gasteiger partial charge in [0.05, 0.1) is 21.3 Å². The van der Waals surface area contributed by atoms with Crippen LogP contribution in [0.1, 0.15) is 33.8 Å². The molecule has 2 fully saturated rings. The van der Waals surface area contributed by atoms with E-state index in [1.807, 2.05) is 0 Å². The SMILES string of the molecule is O=CN1CC2(C1)CN(C(=O)c1noc3ccccc13)CC2c1nnc(C(F)(F)c2ccc(Cl)c(Cl)c2)o1. The van der Waals surface area contributed by atoms with E-state index < -0.39 is 28.7 Å². The molecule has 2 amide bonds. The number of benzene rings is 2. The van der Waals surface area contributed by atoms with Crippen molar-refractivity contribution in [2.75, 3.05) is 26.2 Å². The van der Waals surface area contributed by atoms with Crippen LogP contribution < -0.4 is 0 Å². The van der Waals surface area contributed by atoms with Crippen LogP contribution in [0.4, 0.5) is 8.78 Å². The van der Waals surface area contributed by atoms with Crippen LogP contribution in [0.15, 0.2) is 51.4 Å². The third kappa shape index (κ3) is 3.75. The Morgan fingerprint density at radius 2 is 1.89 bits per heavy atom. The molecule has 0 radical (unpaired) electrons. The van der Waals surface area contributed by atoms with Crippen LogP contribution >= 0.6 is 23.2 Å². The van der Waals surface area contributed by atoms with Crippen LogP contribution in [0, 0.1) is 5.41 Å². The fourth-order valence-corrected chi connectivity index (χ4v) is 5.43. The van der Waals surface area contributed by atoms with Crippen molar-refractivity contribution in [1.82, 2.24) is 25.2 Å². The number of para-hydroxylation sites is 1. The van der Waals surface area contributed by atoms with Crippen molar-refractivity contribution < 1.29 is 27.3 Å². The molecule has 1 spiro atoms. The lowest BCUT2D eigenvalue weighted by molar-refractivity contribution is -0.129. The third-order valence-corrected chi connectivity index (χ3v) is 7.73. The van der Waals surface area contributed by atoms with E-state index in [-0.39, 0.29) is 40.6 Å². The molecular weight excluding hydrogens is 531 g/mol. The fourth-order valence-electron chi connectivity index (χ4n) is 5.13. The number of alkyl halides is 2. The van der Waals surface area contributed by atoms with Gasteiger partial charge >= 0.3 is 5.92 Å². The molecule has 6 rings (SSSR count). The van der Waals surface area contributed by atoms with Gasteiger partial charge in [-0.2, -0.15) is 8.78 Å². The smallest absolute Gasteiger partial charge is 0.349 e. The highest BCUT2D eigenvalue weighted by Crippen LogP contribution is 2.49. The second kappa shape index (κ2) is 8.49. The molecule has 4 aromatic rings. The number of aromatic nitrogens is 3. The zero-order valence-electron chi connectivity index (χ0n) is 18.9. The summed E-state index contributed by atoms with van der Waals surface area (Å²) in [5, 5.41) is 12.2. The zero-order chi connectivity index (χ0) is 25.9. The summed E-state index contributed by atoms with van der Waals surface area (Å²) >= 11 is 11.8. The van der Waals surface area contributed by atoms with Crippen molar-refractivity contribution >= 4 is 46.5 Å². The molecule has 2 aromatic heterocycles. The van der Waals surface area contributed by atoms with Crippen LogP contribution in [-0.2, 0) is 10.7 Å². The molecule has 4 heterocycles. The molecule has 1 unspecified atom stereocenters. The standard InChI is InChI=1S/C24H17Cl2F2N5O4/c25-16-6-5-13(7-17(16)26)24(27,28)22-30-29-20(36-22)15-8-33(11-23(15)9-32(10-23)12-34)21(35)19-14-3-1-2-4-18(14)37-31-19/h1-7,12,15H,8-11H2. The fraction of sp³-hybridized carbons (Fsp3) is 0.292. The quantitative estimate of drug-likeness (QED) is 0.342. The Morgan fingerprint density at radius 1 is 1.11 bits per heavy atom. The van der Waals surface area contributed by atoms with Crippen molar-refractivity contribution in [1.29, 1.82) is 0 Å². The summed E-state index contributed by atoms with van der Waals surface area (Å²) in [7, 11) is 0. The van der Waals surface area contributed by atoms with Crippen molar-refractivity contribution in [3.8, 4) is 0 Å². The van der Waals surface area contributed by atoms with Gasteiger partial charge in [0.25, 0.3) is 11.8 Å². The Hall–Kier alpha value is -3.57. The van der Waals surface area contributed by atoms with Gasteiger partial charge in [-0.05, 0) is 24.3 Å². The van der Waals surface area contributed by atoms with E-state index in [9.17, 15) is 9.59 Å². The van der Waals surface area contributed by atoms with E-state index in [1.165, 1.54) is 11.0 Å². The predicted octanol–water partition coefficient (Wildman–Crippen LogP) is 4.36. The average molecular weight is 548 g/mol. The summed E-state index contributed by atoms with van der Waals surface area (Å²) in [5.41, 5.74) is -0.462. The highest BCUT2D eigenvalue weighted by molar-refractivity contribution is 6.42. The number of rotatable bonds is 5. The molecule has 37 heavy (non-hydrogen) atoms. The van der Waals surface area contributed by atoms with E-state index in [4.69, 9.17) is 32.1 Å². The van der Waals surface area contributed by atoms with Crippen LogP contribution in [-0.4, -0.2) is 63.7 Å². The van der Waals surface area contributed by atoms with Crippen LogP contribution in [0.2, 0.25) is 10.0 Å². The summed E-state index contributed by atoms with van der Waals surface area (Å²) in [6.07, 6.45) is 0.704. The molecule has 9 nitrogen and oxygen atoms in total. The summed E-state index contributed by atoms with van der Waals surface area (Å²) in [4.78, 5) is 27.8. The van der Waals surface area contributed by atoms with Gasteiger partial charge in [0.1, 0.15) is 0 Å². The largest absolute Gasteiger partial charge is 0.419 e. The number of hydrogen-bond acceptors (Lipinski definition) is 7. The van der Waals surface area contributed by atoms with Gasteiger partial charge in [0, 0.05) is 37.2 Å². The van der Waals surface area contributed by atoms with Crippen molar-refractivity contribution in [2.45, 2.75) is 11.8 Å². The first-order valence-electron chi connectivity index (χ1n) is 11.2. The molecule has 0 aliphatic carbocycles. The molecule has 190 valence electrons. The number of carbonyl (C=O) groups excluding carboxylic acids is 2. The van der Waals surface area contributed by atoms with E-state index in [0.29, 0.717) is 30.5 Å². The van der Waals surface area contributed by atoms with Gasteiger partial charge in [0.15, 0.2) is 11.3 Å². The lowest BCUT2D eigenvalue weighted by Crippen LogP contribution is -2.59. The minimum absolute atomic E-state index is 0.0358. The molecule has 2 saturated heterocycles. The van der Waals surface area contributed by atoms with Gasteiger partial charge in [-0.1, -0.05) is 46.6 Å². The minimum Gasteiger partial charge on any atom is -0.419 e. The number of amides is 2. The Bertz CT molecular complexity index is 1530. The second-order valence-corrected chi connectivity index (χ2v) is 10.1. The van der Waals surface area contributed by atoms with E-state index in [2.05, 4.69) is 15.4 Å². The molecule has 0 bridgehead atoms. The van der Waals surface area contributed by atoms with Gasteiger partial charge < -0.3 is 18.7 Å². The summed E-state index contributed by atoms with van der Waals surface area (Å²) in [5.74, 6) is -5.53. The van der Waals surface area contributed by atoms with Crippen LogP contribution in [0.5, 0.6) is 0 Å². The Kier molecular flexibility index (Phi) is 5.46. The number of halogens is 4. The lowest BCUT2D eigenvalue weighted by Gasteiger charge is -2.48. The maximum atomic E-state index is 15.2. The maximum absolute atomic E-state index is 15.2. The molecular formula is C24H17Cl2F2N5O4. The summed E-state index contributed by atoms with van der Waals surface area (Å²) < 4.78 is 41.2. The molecule has 0 saturated carbocycles. The van der Waals surface area contributed by atoms with E-state index in [0.717, 1.165) is 12.1 Å². The molecule has 0 N–H and O–H groups in total. The third-order valence-electron chi connectivity index (χ3n) is 6.99. The highest BCUT2D eigenvalue weighted by atomic mass is 35.5. The van der Waals surface area contributed by atoms with Crippen LogP contribution in [0.3, 0.4) is 0 Å². The van der Waals surface area contributed by atoms with E-state index in [1.54, 1.807) is 29.2 Å². The molecule has 2 aromatic carbocycles.